The Morgan fingerprint density at radius 1 is 0.842 bits per heavy atom. The van der Waals surface area contributed by atoms with E-state index in [0.29, 0.717) is 0 Å². The van der Waals surface area contributed by atoms with E-state index in [0.717, 1.165) is 31.9 Å². The molecule has 104 valence electrons. The van der Waals surface area contributed by atoms with Crippen LogP contribution in [0, 0.1) is 0 Å². The standard InChI is InChI=1S/C14H21N3S2/c15-13-2-1-12(16-3-7-18-8-4-16)11-14(13)17-5-9-19-10-6-17/h1-2,11H,3-10,15H2. The van der Waals surface area contributed by atoms with Gasteiger partial charge in [-0.1, -0.05) is 0 Å². The molecule has 3 nitrogen and oxygen atoms in total. The number of nitrogens with zero attached hydrogens (tertiary/aromatic N) is 2. The van der Waals surface area contributed by atoms with Crippen LogP contribution in [0.25, 0.3) is 0 Å². The molecule has 1 aromatic carbocycles. The third kappa shape index (κ3) is 3.08. The van der Waals surface area contributed by atoms with Crippen LogP contribution in [-0.4, -0.2) is 49.2 Å². The molecule has 0 atom stereocenters. The molecular formula is C14H21N3S2. The van der Waals surface area contributed by atoms with E-state index in [1.165, 1.54) is 34.4 Å². The minimum Gasteiger partial charge on any atom is -0.397 e. The summed E-state index contributed by atoms with van der Waals surface area (Å²) in [4.78, 5) is 4.92. The van der Waals surface area contributed by atoms with Gasteiger partial charge in [0.1, 0.15) is 0 Å². The lowest BCUT2D eigenvalue weighted by molar-refractivity contribution is 0.846. The van der Waals surface area contributed by atoms with E-state index < -0.39 is 0 Å². The highest BCUT2D eigenvalue weighted by atomic mass is 32.2. The predicted octanol–water partition coefficient (Wildman–Crippen LogP) is 2.38. The highest BCUT2D eigenvalue weighted by Crippen LogP contribution is 2.31. The van der Waals surface area contributed by atoms with Crippen LogP contribution in [0.4, 0.5) is 17.1 Å². The van der Waals surface area contributed by atoms with E-state index in [1.807, 2.05) is 23.5 Å². The second-order valence-corrected chi connectivity index (χ2v) is 7.39. The third-order valence-corrected chi connectivity index (χ3v) is 5.63. The maximum atomic E-state index is 6.18. The molecule has 0 aromatic heterocycles. The summed E-state index contributed by atoms with van der Waals surface area (Å²) in [5.74, 6) is 4.90. The summed E-state index contributed by atoms with van der Waals surface area (Å²) < 4.78 is 0. The van der Waals surface area contributed by atoms with Gasteiger partial charge < -0.3 is 15.5 Å². The smallest absolute Gasteiger partial charge is 0.0621 e. The summed E-state index contributed by atoms with van der Waals surface area (Å²) >= 11 is 4.09. The molecule has 2 aliphatic rings. The van der Waals surface area contributed by atoms with Crippen LogP contribution in [0.5, 0.6) is 0 Å². The van der Waals surface area contributed by atoms with Gasteiger partial charge in [-0.15, -0.1) is 0 Å². The van der Waals surface area contributed by atoms with Gasteiger partial charge in [0.05, 0.1) is 11.4 Å². The highest BCUT2D eigenvalue weighted by Gasteiger charge is 2.17. The maximum absolute atomic E-state index is 6.18. The molecule has 19 heavy (non-hydrogen) atoms. The molecule has 3 rings (SSSR count). The molecule has 2 heterocycles. The Hall–Kier alpha value is -0.680. The van der Waals surface area contributed by atoms with Crippen molar-refractivity contribution in [2.75, 3.05) is 64.7 Å². The summed E-state index contributed by atoms with van der Waals surface area (Å²) in [5.41, 5.74) is 9.67. The number of hydrogen-bond donors (Lipinski definition) is 1. The molecule has 0 amide bonds. The van der Waals surface area contributed by atoms with Crippen molar-refractivity contribution in [3.63, 3.8) is 0 Å². The zero-order valence-electron chi connectivity index (χ0n) is 11.2. The first kappa shape index (κ1) is 13.3. The lowest BCUT2D eigenvalue weighted by atomic mass is 10.2. The lowest BCUT2D eigenvalue weighted by Gasteiger charge is -2.33. The molecule has 5 heteroatoms. The van der Waals surface area contributed by atoms with Gasteiger partial charge in [-0.3, -0.25) is 0 Å². The molecule has 1 aromatic rings. The number of nitrogens with two attached hydrogens (primary N) is 1. The maximum Gasteiger partial charge on any atom is 0.0621 e. The molecule has 2 saturated heterocycles. The summed E-state index contributed by atoms with van der Waals surface area (Å²) in [7, 11) is 0. The monoisotopic (exact) mass is 295 g/mol. The van der Waals surface area contributed by atoms with Crippen molar-refractivity contribution in [2.24, 2.45) is 0 Å². The number of rotatable bonds is 2. The van der Waals surface area contributed by atoms with E-state index in [-0.39, 0.29) is 0 Å². The van der Waals surface area contributed by atoms with E-state index >= 15 is 0 Å². The molecule has 0 bridgehead atoms. The fraction of sp³-hybridized carbons (Fsp3) is 0.571. The molecular weight excluding hydrogens is 274 g/mol. The number of benzene rings is 1. The second-order valence-electron chi connectivity index (χ2n) is 4.94. The number of anilines is 3. The van der Waals surface area contributed by atoms with Gasteiger partial charge in [-0.05, 0) is 18.2 Å². The summed E-state index contributed by atoms with van der Waals surface area (Å²) in [6.45, 7) is 4.55. The molecule has 0 radical (unpaired) electrons. The Bertz CT molecular complexity index is 427. The van der Waals surface area contributed by atoms with E-state index in [4.69, 9.17) is 5.73 Å². The van der Waals surface area contributed by atoms with Gasteiger partial charge in [-0.25, -0.2) is 0 Å². The first-order valence-corrected chi connectivity index (χ1v) is 9.20. The largest absolute Gasteiger partial charge is 0.397 e. The molecule has 0 unspecified atom stereocenters. The van der Waals surface area contributed by atoms with Gasteiger partial charge in [0.25, 0.3) is 0 Å². The van der Waals surface area contributed by atoms with Crippen LogP contribution in [-0.2, 0) is 0 Å². The average Bonchev–Trinajstić information content (AvgIpc) is 2.49. The summed E-state index contributed by atoms with van der Waals surface area (Å²) in [6.07, 6.45) is 0. The molecule has 0 spiro atoms. The molecule has 2 fully saturated rings. The number of hydrogen-bond acceptors (Lipinski definition) is 5. The predicted molar refractivity (Wildman–Crippen MR) is 89.9 cm³/mol. The molecule has 2 aliphatic heterocycles. The third-order valence-electron chi connectivity index (χ3n) is 3.74. The quantitative estimate of drug-likeness (QED) is 0.847. The number of nitrogen functional groups attached to an aromatic ring is 1. The minimum atomic E-state index is 0.919. The Morgan fingerprint density at radius 2 is 1.42 bits per heavy atom. The van der Waals surface area contributed by atoms with Crippen molar-refractivity contribution in [1.82, 2.24) is 0 Å². The Balaban J connectivity index is 1.82. The van der Waals surface area contributed by atoms with E-state index in [1.54, 1.807) is 0 Å². The Labute approximate surface area is 123 Å². The second kappa shape index (κ2) is 6.18. The van der Waals surface area contributed by atoms with Gasteiger partial charge in [-0.2, -0.15) is 23.5 Å². The number of thioether (sulfide) groups is 2. The first-order chi connectivity index (χ1) is 9.34. The van der Waals surface area contributed by atoms with E-state index in [9.17, 15) is 0 Å². The van der Waals surface area contributed by atoms with E-state index in [2.05, 4.69) is 28.0 Å². The molecule has 0 aliphatic carbocycles. The summed E-state index contributed by atoms with van der Waals surface area (Å²) in [5, 5.41) is 0. The molecule has 2 N–H and O–H groups in total. The van der Waals surface area contributed by atoms with Crippen molar-refractivity contribution >= 4 is 40.6 Å². The van der Waals surface area contributed by atoms with Crippen molar-refractivity contribution < 1.29 is 0 Å². The summed E-state index contributed by atoms with van der Waals surface area (Å²) in [6, 6.07) is 6.54. The Kier molecular flexibility index (Phi) is 4.33. The minimum absolute atomic E-state index is 0.919. The fourth-order valence-corrected chi connectivity index (χ4v) is 4.43. The van der Waals surface area contributed by atoms with Crippen LogP contribution in [0.3, 0.4) is 0 Å². The Morgan fingerprint density at radius 3 is 2.05 bits per heavy atom. The topological polar surface area (TPSA) is 32.5 Å². The van der Waals surface area contributed by atoms with Crippen molar-refractivity contribution in [3.8, 4) is 0 Å². The van der Waals surface area contributed by atoms with Crippen molar-refractivity contribution in [3.05, 3.63) is 18.2 Å². The zero-order valence-corrected chi connectivity index (χ0v) is 12.8. The molecule has 0 saturated carbocycles. The zero-order chi connectivity index (χ0) is 13.1. The van der Waals surface area contributed by atoms with Crippen LogP contribution in [0.2, 0.25) is 0 Å². The van der Waals surface area contributed by atoms with Crippen LogP contribution in [0.15, 0.2) is 18.2 Å². The first-order valence-electron chi connectivity index (χ1n) is 6.89. The van der Waals surface area contributed by atoms with Crippen LogP contribution < -0.4 is 15.5 Å². The van der Waals surface area contributed by atoms with Gasteiger partial charge >= 0.3 is 0 Å². The van der Waals surface area contributed by atoms with Gasteiger partial charge in [0.2, 0.25) is 0 Å². The average molecular weight is 295 g/mol. The van der Waals surface area contributed by atoms with Crippen molar-refractivity contribution in [2.45, 2.75) is 0 Å². The van der Waals surface area contributed by atoms with Gasteiger partial charge in [0, 0.05) is 54.9 Å². The van der Waals surface area contributed by atoms with Crippen LogP contribution >= 0.6 is 23.5 Å². The SMILES string of the molecule is Nc1ccc(N2CCSCC2)cc1N1CCSCC1. The van der Waals surface area contributed by atoms with Crippen LogP contribution in [0.1, 0.15) is 0 Å². The van der Waals surface area contributed by atoms with Gasteiger partial charge in [0.15, 0.2) is 0 Å². The normalized spacial score (nSPS) is 20.6. The van der Waals surface area contributed by atoms with Crippen molar-refractivity contribution in [1.29, 1.82) is 0 Å². The fourth-order valence-electron chi connectivity index (χ4n) is 2.63. The lowest BCUT2D eigenvalue weighted by Crippen LogP contribution is -2.34. The highest BCUT2D eigenvalue weighted by molar-refractivity contribution is 7.99.